The Kier molecular flexibility index (Phi) is 4.82. The molecule has 0 amide bonds. The predicted molar refractivity (Wildman–Crippen MR) is 70.6 cm³/mol. The van der Waals surface area contributed by atoms with Crippen molar-refractivity contribution in [2.75, 3.05) is 23.4 Å². The Bertz CT molecular complexity index is 587. The molecule has 0 aromatic heterocycles. The van der Waals surface area contributed by atoms with E-state index >= 15 is 0 Å². The first-order chi connectivity index (χ1) is 8.76. The number of benzene rings is 1. The Morgan fingerprint density at radius 2 is 2.05 bits per heavy atom. The molecular weight excluding hydrogens is 275 g/mol. The normalized spacial score (nSPS) is 11.3. The fourth-order valence-electron chi connectivity index (χ4n) is 1.45. The van der Waals surface area contributed by atoms with E-state index in [0.717, 1.165) is 6.07 Å². The lowest BCUT2D eigenvalue weighted by molar-refractivity contribution is -0.384. The van der Waals surface area contributed by atoms with Gasteiger partial charge in [0, 0.05) is 12.3 Å². The summed E-state index contributed by atoms with van der Waals surface area (Å²) in [5, 5.41) is 13.4. The van der Waals surface area contributed by atoms with E-state index in [2.05, 4.69) is 5.32 Å². The van der Waals surface area contributed by atoms with Crippen LogP contribution < -0.4 is 5.32 Å². The molecule has 0 aliphatic heterocycles. The molecule has 0 fully saturated rings. The summed E-state index contributed by atoms with van der Waals surface area (Å²) >= 11 is 0. The van der Waals surface area contributed by atoms with Gasteiger partial charge >= 0.3 is 0 Å². The van der Waals surface area contributed by atoms with Crippen LogP contribution in [-0.2, 0) is 9.84 Å². The summed E-state index contributed by atoms with van der Waals surface area (Å²) in [5.74, 6) is -0.783. The van der Waals surface area contributed by atoms with Crippen molar-refractivity contribution in [1.82, 2.24) is 0 Å². The van der Waals surface area contributed by atoms with Gasteiger partial charge < -0.3 is 5.32 Å². The van der Waals surface area contributed by atoms with E-state index in [4.69, 9.17) is 0 Å². The quantitative estimate of drug-likeness (QED) is 0.638. The van der Waals surface area contributed by atoms with Crippen molar-refractivity contribution in [3.63, 3.8) is 0 Å². The van der Waals surface area contributed by atoms with Crippen molar-refractivity contribution in [3.05, 3.63) is 33.6 Å². The van der Waals surface area contributed by atoms with Crippen molar-refractivity contribution < 1.29 is 17.7 Å². The van der Waals surface area contributed by atoms with Gasteiger partial charge in [-0.05, 0) is 18.6 Å². The molecule has 0 saturated heterocycles. The van der Waals surface area contributed by atoms with Gasteiger partial charge in [0.25, 0.3) is 5.69 Å². The summed E-state index contributed by atoms with van der Waals surface area (Å²) < 4.78 is 35.8. The number of nitrogens with zero attached hydrogens (tertiary/aromatic N) is 1. The molecule has 0 unspecified atom stereocenters. The second kappa shape index (κ2) is 5.96. The van der Waals surface area contributed by atoms with Gasteiger partial charge in [0.05, 0.1) is 16.7 Å². The molecule has 0 heterocycles. The molecule has 1 rings (SSSR count). The molecule has 0 atom stereocenters. The molecule has 0 bridgehead atoms. The molecule has 0 aliphatic rings. The van der Waals surface area contributed by atoms with Crippen LogP contribution in [0.2, 0.25) is 0 Å². The molecule has 1 aromatic rings. The lowest BCUT2D eigenvalue weighted by atomic mass is 10.2. The van der Waals surface area contributed by atoms with E-state index in [1.165, 1.54) is 19.9 Å². The van der Waals surface area contributed by atoms with E-state index < -0.39 is 26.3 Å². The fourth-order valence-corrected chi connectivity index (χ4v) is 2.15. The van der Waals surface area contributed by atoms with Crippen molar-refractivity contribution in [1.29, 1.82) is 0 Å². The van der Waals surface area contributed by atoms with Crippen LogP contribution in [0.15, 0.2) is 12.1 Å². The maximum absolute atomic E-state index is 13.3. The van der Waals surface area contributed by atoms with Crippen molar-refractivity contribution >= 4 is 21.2 Å². The highest BCUT2D eigenvalue weighted by molar-refractivity contribution is 7.91. The third-order valence-corrected chi connectivity index (χ3v) is 4.35. The Morgan fingerprint density at radius 1 is 1.42 bits per heavy atom. The van der Waals surface area contributed by atoms with Crippen LogP contribution >= 0.6 is 0 Å². The number of rotatable bonds is 6. The Morgan fingerprint density at radius 3 is 2.58 bits per heavy atom. The van der Waals surface area contributed by atoms with Crippen LogP contribution in [0, 0.1) is 22.9 Å². The molecule has 0 saturated carbocycles. The van der Waals surface area contributed by atoms with Crippen LogP contribution in [0.3, 0.4) is 0 Å². The highest BCUT2D eigenvalue weighted by Gasteiger charge is 2.17. The fraction of sp³-hybridized carbons (Fsp3) is 0.455. The summed E-state index contributed by atoms with van der Waals surface area (Å²) in [4.78, 5) is 10.1. The number of nitro benzene ring substituents is 1. The predicted octanol–water partition coefficient (Wildman–Crippen LogP) is 1.89. The molecule has 8 heteroatoms. The second-order valence-electron chi connectivity index (χ2n) is 4.04. The Labute approximate surface area is 110 Å². The molecule has 19 heavy (non-hydrogen) atoms. The van der Waals surface area contributed by atoms with E-state index in [1.807, 2.05) is 0 Å². The molecule has 0 spiro atoms. The topological polar surface area (TPSA) is 89.3 Å². The van der Waals surface area contributed by atoms with Gasteiger partial charge in [-0.15, -0.1) is 0 Å². The Balaban J connectivity index is 2.89. The number of hydrogen-bond donors (Lipinski definition) is 1. The van der Waals surface area contributed by atoms with E-state index in [0.29, 0.717) is 0 Å². The zero-order valence-corrected chi connectivity index (χ0v) is 11.5. The standard InChI is InChI=1S/C11H15FN2O4S/c1-3-19(17,18)5-4-13-10-6-8(2)9(12)7-11(10)14(15)16/h6-7,13H,3-5H2,1-2H3. The molecule has 1 N–H and O–H groups in total. The number of anilines is 1. The summed E-state index contributed by atoms with van der Waals surface area (Å²) in [7, 11) is -3.15. The first-order valence-electron chi connectivity index (χ1n) is 5.65. The van der Waals surface area contributed by atoms with E-state index in [9.17, 15) is 22.9 Å². The summed E-state index contributed by atoms with van der Waals surface area (Å²) in [6, 6.07) is 2.12. The van der Waals surface area contributed by atoms with Crippen LogP contribution in [0.1, 0.15) is 12.5 Å². The van der Waals surface area contributed by atoms with Gasteiger partial charge in [0.15, 0.2) is 9.84 Å². The monoisotopic (exact) mass is 290 g/mol. The minimum atomic E-state index is -3.15. The number of hydrogen-bond acceptors (Lipinski definition) is 5. The lowest BCUT2D eigenvalue weighted by Crippen LogP contribution is -2.17. The first-order valence-corrected chi connectivity index (χ1v) is 7.48. The first kappa shape index (κ1) is 15.4. The zero-order chi connectivity index (χ0) is 14.6. The summed E-state index contributed by atoms with van der Waals surface area (Å²) in [5.41, 5.74) is -0.0290. The second-order valence-corrected chi connectivity index (χ2v) is 6.51. The van der Waals surface area contributed by atoms with Gasteiger partial charge in [-0.25, -0.2) is 12.8 Å². The van der Waals surface area contributed by atoms with Crippen LogP contribution in [0.25, 0.3) is 0 Å². The van der Waals surface area contributed by atoms with Crippen LogP contribution in [-0.4, -0.2) is 31.4 Å². The number of halogens is 1. The van der Waals surface area contributed by atoms with E-state index in [-0.39, 0.29) is 29.3 Å². The molecule has 6 nitrogen and oxygen atoms in total. The average molecular weight is 290 g/mol. The molecule has 0 aliphatic carbocycles. The minimum absolute atomic E-state index is 0.0131. The van der Waals surface area contributed by atoms with Gasteiger partial charge in [0.1, 0.15) is 11.5 Å². The number of aryl methyl sites for hydroxylation is 1. The maximum Gasteiger partial charge on any atom is 0.295 e. The minimum Gasteiger partial charge on any atom is -0.378 e. The van der Waals surface area contributed by atoms with Gasteiger partial charge in [0.2, 0.25) is 0 Å². The number of nitrogens with one attached hydrogen (secondary N) is 1. The third kappa shape index (κ3) is 4.16. The summed E-state index contributed by atoms with van der Waals surface area (Å²) in [6.45, 7) is 3.05. The van der Waals surface area contributed by atoms with Crippen molar-refractivity contribution in [3.8, 4) is 0 Å². The van der Waals surface area contributed by atoms with Gasteiger partial charge in [-0.1, -0.05) is 6.92 Å². The van der Waals surface area contributed by atoms with Gasteiger partial charge in [-0.2, -0.15) is 0 Å². The number of nitro groups is 1. The van der Waals surface area contributed by atoms with Gasteiger partial charge in [-0.3, -0.25) is 10.1 Å². The highest BCUT2D eigenvalue weighted by atomic mass is 32.2. The summed E-state index contributed by atoms with van der Waals surface area (Å²) in [6.07, 6.45) is 0. The lowest BCUT2D eigenvalue weighted by Gasteiger charge is -2.08. The maximum atomic E-state index is 13.3. The van der Waals surface area contributed by atoms with Crippen LogP contribution in [0.4, 0.5) is 15.8 Å². The third-order valence-electron chi connectivity index (χ3n) is 2.64. The smallest absolute Gasteiger partial charge is 0.295 e. The Hall–Kier alpha value is -1.70. The van der Waals surface area contributed by atoms with Crippen molar-refractivity contribution in [2.24, 2.45) is 0 Å². The van der Waals surface area contributed by atoms with E-state index in [1.54, 1.807) is 0 Å². The highest BCUT2D eigenvalue weighted by Crippen LogP contribution is 2.27. The molecule has 1 aromatic carbocycles. The molecule has 106 valence electrons. The zero-order valence-electron chi connectivity index (χ0n) is 10.6. The average Bonchev–Trinajstić information content (AvgIpc) is 2.32. The molecular formula is C11H15FN2O4S. The SMILES string of the molecule is CCS(=O)(=O)CCNc1cc(C)c(F)cc1[N+](=O)[O-]. The largest absolute Gasteiger partial charge is 0.378 e. The van der Waals surface area contributed by atoms with Crippen molar-refractivity contribution in [2.45, 2.75) is 13.8 Å². The molecule has 0 radical (unpaired) electrons. The van der Waals surface area contributed by atoms with Crippen LogP contribution in [0.5, 0.6) is 0 Å². The number of sulfone groups is 1.